The quantitative estimate of drug-likeness (QED) is 0.791. The van der Waals surface area contributed by atoms with Crippen molar-refractivity contribution in [3.8, 4) is 0 Å². The molecule has 0 radical (unpaired) electrons. The number of hydrogen-bond donors (Lipinski definition) is 0. The van der Waals surface area contributed by atoms with Crippen LogP contribution in [0.4, 0.5) is 5.82 Å². The van der Waals surface area contributed by atoms with Crippen LogP contribution in [0.5, 0.6) is 0 Å². The van der Waals surface area contributed by atoms with Crippen LogP contribution in [-0.2, 0) is 0 Å². The lowest BCUT2D eigenvalue weighted by atomic mass is 10.3. The molecule has 2 aromatic heterocycles. The molecule has 0 amide bonds. The summed E-state index contributed by atoms with van der Waals surface area (Å²) in [5.41, 5.74) is 0. The van der Waals surface area contributed by atoms with Gasteiger partial charge in [-0.15, -0.1) is 5.01 Å². The lowest BCUT2D eigenvalue weighted by molar-refractivity contribution is -0.684. The molecule has 2 rings (SSSR count). The third-order valence-corrected chi connectivity index (χ3v) is 3.15. The van der Waals surface area contributed by atoms with Gasteiger partial charge in [0.05, 0.1) is 6.54 Å². The smallest absolute Gasteiger partial charge is 0.200 e. The molecule has 4 heteroatoms. The average molecular weight is 307 g/mol. The number of hydrogen-bond acceptors (Lipinski definition) is 2. The van der Waals surface area contributed by atoms with Crippen LogP contribution in [0, 0.1) is 0 Å². The molecular weight excluding hydrogens is 290 g/mol. The molecule has 0 aliphatic carbocycles. The van der Waals surface area contributed by atoms with Gasteiger partial charge in [0.25, 0.3) is 0 Å². The maximum absolute atomic E-state index is 4.47. The van der Waals surface area contributed by atoms with Crippen molar-refractivity contribution >= 4 is 21.7 Å². The summed E-state index contributed by atoms with van der Waals surface area (Å²) in [7, 11) is 0. The first-order valence-corrected chi connectivity index (χ1v) is 6.96. The van der Waals surface area contributed by atoms with Gasteiger partial charge < -0.3 is 0 Å². The van der Waals surface area contributed by atoms with Crippen LogP contribution in [0.1, 0.15) is 19.8 Å². The Morgan fingerprint density at radius 2 is 2.00 bits per heavy atom. The van der Waals surface area contributed by atoms with Crippen LogP contribution < -0.4 is 9.69 Å². The van der Waals surface area contributed by atoms with Gasteiger partial charge in [-0.2, -0.15) is 0 Å². The second kappa shape index (κ2) is 6.50. The van der Waals surface area contributed by atoms with Crippen molar-refractivity contribution in [2.24, 2.45) is 0 Å². The van der Waals surface area contributed by atoms with E-state index in [0.29, 0.717) is 0 Å². The molecule has 0 fully saturated rings. The molecule has 0 bridgehead atoms. The van der Waals surface area contributed by atoms with Crippen LogP contribution in [0.2, 0.25) is 0 Å². The molecule has 0 aliphatic rings. The van der Waals surface area contributed by atoms with Gasteiger partial charge in [0.1, 0.15) is 0 Å². The van der Waals surface area contributed by atoms with Crippen LogP contribution in [-0.4, -0.2) is 11.5 Å². The summed E-state index contributed by atoms with van der Waals surface area (Å²) < 4.78 is 3.08. The van der Waals surface area contributed by atoms with Gasteiger partial charge >= 0.3 is 0 Å². The topological polar surface area (TPSA) is 20.0 Å². The lowest BCUT2D eigenvalue weighted by Crippen LogP contribution is -2.54. The first-order valence-electron chi connectivity index (χ1n) is 6.17. The maximum Gasteiger partial charge on any atom is 0.200 e. The van der Waals surface area contributed by atoms with E-state index in [1.807, 2.05) is 48.9 Å². The fourth-order valence-electron chi connectivity index (χ4n) is 1.73. The van der Waals surface area contributed by atoms with E-state index in [2.05, 4.69) is 37.5 Å². The fourth-order valence-corrected chi connectivity index (χ4v) is 1.96. The monoisotopic (exact) mass is 306 g/mol. The molecule has 0 N–H and O–H groups in total. The molecule has 0 saturated carbocycles. The molecule has 0 saturated heterocycles. The summed E-state index contributed by atoms with van der Waals surface area (Å²) in [6.45, 7) is 3.16. The number of rotatable bonds is 5. The zero-order chi connectivity index (χ0) is 12.8. The molecule has 2 heterocycles. The molecular formula is C14H17BrN3+. The van der Waals surface area contributed by atoms with Crippen molar-refractivity contribution in [3.63, 3.8) is 0 Å². The van der Waals surface area contributed by atoms with Crippen LogP contribution in [0.15, 0.2) is 53.4 Å². The van der Waals surface area contributed by atoms with Crippen molar-refractivity contribution in [3.05, 3.63) is 53.4 Å². The van der Waals surface area contributed by atoms with Gasteiger partial charge in [-0.25, -0.2) is 4.98 Å². The minimum atomic E-state index is 0.958. The van der Waals surface area contributed by atoms with E-state index < -0.39 is 0 Å². The molecule has 0 atom stereocenters. The third-order valence-electron chi connectivity index (χ3n) is 2.68. The minimum absolute atomic E-state index is 0.958. The minimum Gasteiger partial charge on any atom is -0.233 e. The molecule has 0 unspecified atom stereocenters. The third kappa shape index (κ3) is 3.29. The van der Waals surface area contributed by atoms with Crippen LogP contribution >= 0.6 is 15.9 Å². The highest BCUT2D eigenvalue weighted by Crippen LogP contribution is 2.13. The SMILES string of the molecule is CCCCN(c1ccc(Br)cn1)[n+]1ccccc1. The normalized spacial score (nSPS) is 10.3. The van der Waals surface area contributed by atoms with E-state index in [-0.39, 0.29) is 0 Å². The molecule has 0 aromatic carbocycles. The van der Waals surface area contributed by atoms with E-state index in [1.165, 1.54) is 6.42 Å². The Morgan fingerprint density at radius 3 is 2.61 bits per heavy atom. The zero-order valence-corrected chi connectivity index (χ0v) is 12.0. The van der Waals surface area contributed by atoms with Crippen molar-refractivity contribution in [1.82, 2.24) is 4.98 Å². The Balaban J connectivity index is 2.27. The summed E-state index contributed by atoms with van der Waals surface area (Å²) in [5, 5.41) is 2.18. The summed E-state index contributed by atoms with van der Waals surface area (Å²) >= 11 is 3.42. The Hall–Kier alpha value is -1.42. The predicted molar refractivity (Wildman–Crippen MR) is 76.2 cm³/mol. The standard InChI is InChI=1S/C14H17BrN3/c1-2-3-11-18(17-9-5-4-6-10-17)14-8-7-13(15)12-16-14/h4-10,12H,2-3,11H2,1H3/q+1. The van der Waals surface area contributed by atoms with E-state index in [0.717, 1.165) is 23.3 Å². The molecule has 0 spiro atoms. The summed E-state index contributed by atoms with van der Waals surface area (Å²) in [4.78, 5) is 4.47. The molecule has 18 heavy (non-hydrogen) atoms. The summed E-state index contributed by atoms with van der Waals surface area (Å²) in [5.74, 6) is 0.961. The Bertz CT molecular complexity index is 470. The van der Waals surface area contributed by atoms with E-state index in [1.54, 1.807) is 0 Å². The van der Waals surface area contributed by atoms with Crippen molar-refractivity contribution in [1.29, 1.82) is 0 Å². The number of halogens is 1. The van der Waals surface area contributed by atoms with Gasteiger partial charge in [0.2, 0.25) is 0 Å². The van der Waals surface area contributed by atoms with Gasteiger partial charge in [-0.05, 0) is 34.5 Å². The Morgan fingerprint density at radius 1 is 1.22 bits per heavy atom. The predicted octanol–water partition coefficient (Wildman–Crippen LogP) is 3.20. The second-order valence-electron chi connectivity index (χ2n) is 4.07. The fraction of sp³-hybridized carbons (Fsp3) is 0.286. The Kier molecular flexibility index (Phi) is 4.70. The molecule has 0 aliphatic heterocycles. The van der Waals surface area contributed by atoms with Gasteiger partial charge in [-0.3, -0.25) is 0 Å². The largest absolute Gasteiger partial charge is 0.233 e. The lowest BCUT2D eigenvalue weighted by Gasteiger charge is -2.16. The average Bonchev–Trinajstić information content (AvgIpc) is 2.42. The molecule has 3 nitrogen and oxygen atoms in total. The zero-order valence-electron chi connectivity index (χ0n) is 10.5. The van der Waals surface area contributed by atoms with E-state index >= 15 is 0 Å². The highest BCUT2D eigenvalue weighted by Gasteiger charge is 2.15. The van der Waals surface area contributed by atoms with Crippen molar-refractivity contribution < 1.29 is 4.68 Å². The van der Waals surface area contributed by atoms with Gasteiger partial charge in [0, 0.05) is 22.8 Å². The number of aromatic nitrogens is 2. The van der Waals surface area contributed by atoms with Gasteiger partial charge in [-0.1, -0.05) is 24.1 Å². The summed E-state index contributed by atoms with van der Waals surface area (Å²) in [6.07, 6.45) is 8.22. The highest BCUT2D eigenvalue weighted by atomic mass is 79.9. The van der Waals surface area contributed by atoms with Crippen LogP contribution in [0.3, 0.4) is 0 Å². The van der Waals surface area contributed by atoms with Crippen molar-refractivity contribution in [2.45, 2.75) is 19.8 Å². The number of anilines is 1. The van der Waals surface area contributed by atoms with E-state index in [9.17, 15) is 0 Å². The first-order chi connectivity index (χ1) is 8.81. The van der Waals surface area contributed by atoms with Gasteiger partial charge in [0.15, 0.2) is 18.2 Å². The first kappa shape index (κ1) is 13.0. The van der Waals surface area contributed by atoms with Crippen LogP contribution in [0.25, 0.3) is 0 Å². The van der Waals surface area contributed by atoms with Crippen molar-refractivity contribution in [2.75, 3.05) is 11.6 Å². The van der Waals surface area contributed by atoms with E-state index in [4.69, 9.17) is 0 Å². The maximum atomic E-state index is 4.47. The summed E-state index contributed by atoms with van der Waals surface area (Å²) in [6, 6.07) is 10.1. The Labute approximate surface area is 116 Å². The molecule has 94 valence electrons. The second-order valence-corrected chi connectivity index (χ2v) is 4.98. The number of nitrogens with zero attached hydrogens (tertiary/aromatic N) is 3. The number of pyridine rings is 2. The number of unbranched alkanes of at least 4 members (excludes halogenated alkanes) is 1. The highest BCUT2D eigenvalue weighted by molar-refractivity contribution is 9.10. The molecule has 2 aromatic rings.